The van der Waals surface area contributed by atoms with Crippen molar-refractivity contribution < 1.29 is 9.18 Å². The molecular weight excluding hydrogens is 369 g/mol. The highest BCUT2D eigenvalue weighted by atomic mass is 19.1. The normalized spacial score (nSPS) is 19.5. The van der Waals surface area contributed by atoms with Crippen molar-refractivity contribution in [1.29, 1.82) is 0 Å². The number of fused-ring (bicyclic) bond motifs is 1. The molecule has 0 bridgehead atoms. The van der Waals surface area contributed by atoms with Gasteiger partial charge in [0.15, 0.2) is 5.65 Å². The fraction of sp³-hybridized carbons (Fsp3) is 0.409. The Balaban J connectivity index is 1.30. The first-order valence-electron chi connectivity index (χ1n) is 10.3. The van der Waals surface area contributed by atoms with Crippen LogP contribution in [0.4, 0.5) is 14.9 Å². The number of pyridine rings is 1. The molecule has 1 N–H and O–H groups in total. The van der Waals surface area contributed by atoms with E-state index in [9.17, 15) is 9.18 Å². The smallest absolute Gasteiger partial charge is 0.321 e. The van der Waals surface area contributed by atoms with Crippen LogP contribution in [0.3, 0.4) is 0 Å². The van der Waals surface area contributed by atoms with E-state index in [1.165, 1.54) is 25.0 Å². The summed E-state index contributed by atoms with van der Waals surface area (Å²) in [6.07, 6.45) is 6.26. The van der Waals surface area contributed by atoms with E-state index in [4.69, 9.17) is 4.98 Å². The van der Waals surface area contributed by atoms with E-state index in [1.807, 2.05) is 23.2 Å². The number of amides is 2. The second-order valence-electron chi connectivity index (χ2n) is 8.09. The van der Waals surface area contributed by atoms with E-state index in [0.717, 1.165) is 42.9 Å². The van der Waals surface area contributed by atoms with Crippen LogP contribution in [0.2, 0.25) is 0 Å². The Bertz CT molecular complexity index is 1030. The highest BCUT2D eigenvalue weighted by molar-refractivity contribution is 5.89. The quantitative estimate of drug-likeness (QED) is 0.715. The lowest BCUT2D eigenvalue weighted by Crippen LogP contribution is -2.43. The average molecular weight is 393 g/mol. The number of hydrogen-bond donors (Lipinski definition) is 1. The third-order valence-electron chi connectivity index (χ3n) is 5.82. The first kappa shape index (κ1) is 18.1. The number of hydrogen-bond acceptors (Lipinski definition) is 3. The van der Waals surface area contributed by atoms with Crippen molar-refractivity contribution in [3.05, 3.63) is 54.2 Å². The van der Waals surface area contributed by atoms with Crippen molar-refractivity contribution in [3.63, 3.8) is 0 Å². The topological polar surface area (TPSA) is 63.1 Å². The van der Waals surface area contributed by atoms with E-state index in [1.54, 1.807) is 12.1 Å². The Labute approximate surface area is 168 Å². The number of anilines is 1. The average Bonchev–Trinajstić information content (AvgIpc) is 3.53. The van der Waals surface area contributed by atoms with Crippen LogP contribution in [0.1, 0.15) is 37.4 Å². The minimum absolute atomic E-state index is 0.127. The van der Waals surface area contributed by atoms with Gasteiger partial charge in [0, 0.05) is 37.4 Å². The molecule has 5 rings (SSSR count). The molecule has 2 aromatic heterocycles. The minimum atomic E-state index is -0.311. The van der Waals surface area contributed by atoms with Gasteiger partial charge in [0.1, 0.15) is 17.2 Å². The van der Waals surface area contributed by atoms with Crippen LogP contribution in [-0.2, 0) is 6.54 Å². The molecule has 3 heterocycles. The maximum atomic E-state index is 13.1. The van der Waals surface area contributed by atoms with E-state index in [0.29, 0.717) is 24.1 Å². The number of aromatic nitrogens is 3. The van der Waals surface area contributed by atoms with Gasteiger partial charge < -0.3 is 14.8 Å². The number of likely N-dealkylation sites (tertiary alicyclic amines) is 1. The molecule has 1 aliphatic heterocycles. The molecule has 3 aromatic rings. The summed E-state index contributed by atoms with van der Waals surface area (Å²) in [6, 6.07) is 9.69. The summed E-state index contributed by atoms with van der Waals surface area (Å²) in [7, 11) is 0. The molecule has 1 aliphatic carbocycles. The molecule has 150 valence electrons. The molecule has 29 heavy (non-hydrogen) atoms. The highest BCUT2D eigenvalue weighted by Gasteiger charge is 2.32. The summed E-state index contributed by atoms with van der Waals surface area (Å²) in [5.74, 6) is 1.74. The van der Waals surface area contributed by atoms with Crippen molar-refractivity contribution in [1.82, 2.24) is 19.4 Å². The Morgan fingerprint density at radius 3 is 2.79 bits per heavy atom. The molecule has 2 aliphatic rings. The van der Waals surface area contributed by atoms with Gasteiger partial charge in [-0.3, -0.25) is 0 Å². The number of nitrogens with one attached hydrogen (secondary N) is 1. The molecule has 1 saturated carbocycles. The van der Waals surface area contributed by atoms with Crippen molar-refractivity contribution in [3.8, 4) is 0 Å². The van der Waals surface area contributed by atoms with Crippen LogP contribution in [0.5, 0.6) is 0 Å². The Kier molecular flexibility index (Phi) is 4.66. The largest absolute Gasteiger partial charge is 0.324 e. The molecule has 6 nitrogen and oxygen atoms in total. The molecule has 1 saturated heterocycles. The predicted octanol–water partition coefficient (Wildman–Crippen LogP) is 4.39. The standard InChI is InChI=1S/C22H24FN5O/c23-17-7-9-18(10-8-17)25-22(29)27-12-2-3-15(13-27)14-28-20(16-5-6-16)26-19-4-1-11-24-21(19)28/h1,4,7-11,15-16H,2-3,5-6,12-14H2,(H,25,29). The van der Waals surface area contributed by atoms with Gasteiger partial charge in [0.05, 0.1) is 0 Å². The summed E-state index contributed by atoms with van der Waals surface area (Å²) < 4.78 is 15.4. The lowest BCUT2D eigenvalue weighted by molar-refractivity contribution is 0.170. The SMILES string of the molecule is O=C(Nc1ccc(F)cc1)N1CCCC(Cn2c(C3CC3)nc3cccnc32)C1. The van der Waals surface area contributed by atoms with Gasteiger partial charge >= 0.3 is 6.03 Å². The first-order valence-corrected chi connectivity index (χ1v) is 10.3. The van der Waals surface area contributed by atoms with Gasteiger partial charge in [-0.15, -0.1) is 0 Å². The third kappa shape index (κ3) is 3.81. The van der Waals surface area contributed by atoms with Crippen LogP contribution in [-0.4, -0.2) is 38.6 Å². The zero-order chi connectivity index (χ0) is 19.8. The number of piperidine rings is 1. The van der Waals surface area contributed by atoms with Crippen LogP contribution >= 0.6 is 0 Å². The lowest BCUT2D eigenvalue weighted by atomic mass is 9.98. The van der Waals surface area contributed by atoms with Crippen molar-refractivity contribution >= 4 is 22.9 Å². The van der Waals surface area contributed by atoms with Gasteiger partial charge in [-0.2, -0.15) is 0 Å². The lowest BCUT2D eigenvalue weighted by Gasteiger charge is -2.33. The molecule has 2 amide bonds. The monoisotopic (exact) mass is 393 g/mol. The summed E-state index contributed by atoms with van der Waals surface area (Å²) in [5, 5.41) is 2.88. The van der Waals surface area contributed by atoms with Gasteiger partial charge in [0.25, 0.3) is 0 Å². The molecule has 1 unspecified atom stereocenters. The molecule has 2 fully saturated rings. The molecule has 7 heteroatoms. The molecule has 0 radical (unpaired) electrons. The number of rotatable bonds is 4. The number of carbonyl (C=O) groups is 1. The van der Waals surface area contributed by atoms with E-state index < -0.39 is 0 Å². The van der Waals surface area contributed by atoms with Crippen LogP contribution < -0.4 is 5.32 Å². The Morgan fingerprint density at radius 1 is 1.17 bits per heavy atom. The summed E-state index contributed by atoms with van der Waals surface area (Å²) in [6.45, 7) is 2.27. The van der Waals surface area contributed by atoms with Gasteiger partial charge in [-0.05, 0) is 68.0 Å². The van der Waals surface area contributed by atoms with Gasteiger partial charge in [-0.25, -0.2) is 19.2 Å². The zero-order valence-electron chi connectivity index (χ0n) is 16.2. The second kappa shape index (κ2) is 7.46. The number of urea groups is 1. The maximum Gasteiger partial charge on any atom is 0.321 e. The number of carbonyl (C=O) groups excluding carboxylic acids is 1. The van der Waals surface area contributed by atoms with Crippen molar-refractivity contribution in [2.75, 3.05) is 18.4 Å². The number of benzene rings is 1. The summed E-state index contributed by atoms with van der Waals surface area (Å²) in [4.78, 5) is 24.0. The van der Waals surface area contributed by atoms with E-state index >= 15 is 0 Å². The molecule has 1 atom stereocenters. The molecule has 1 aromatic carbocycles. The first-order chi connectivity index (χ1) is 14.2. The summed E-state index contributed by atoms with van der Waals surface area (Å²) in [5.41, 5.74) is 2.51. The molecular formula is C22H24FN5O. The minimum Gasteiger partial charge on any atom is -0.324 e. The highest BCUT2D eigenvalue weighted by Crippen LogP contribution is 2.41. The number of imidazole rings is 1. The second-order valence-corrected chi connectivity index (χ2v) is 8.09. The summed E-state index contributed by atoms with van der Waals surface area (Å²) >= 11 is 0. The van der Waals surface area contributed by atoms with Crippen LogP contribution in [0.15, 0.2) is 42.6 Å². The van der Waals surface area contributed by atoms with Crippen molar-refractivity contribution in [2.24, 2.45) is 5.92 Å². The predicted molar refractivity (Wildman–Crippen MR) is 109 cm³/mol. The fourth-order valence-corrected chi connectivity index (χ4v) is 4.20. The maximum absolute atomic E-state index is 13.1. The Hall–Kier alpha value is -2.96. The van der Waals surface area contributed by atoms with Gasteiger partial charge in [-0.1, -0.05) is 0 Å². The number of nitrogens with zero attached hydrogens (tertiary/aromatic N) is 4. The molecule has 0 spiro atoms. The van der Waals surface area contributed by atoms with Crippen LogP contribution in [0, 0.1) is 11.7 Å². The third-order valence-corrected chi connectivity index (χ3v) is 5.82. The zero-order valence-corrected chi connectivity index (χ0v) is 16.2. The van der Waals surface area contributed by atoms with Crippen LogP contribution in [0.25, 0.3) is 11.2 Å². The Morgan fingerprint density at radius 2 is 2.00 bits per heavy atom. The van der Waals surface area contributed by atoms with Crippen molar-refractivity contribution in [2.45, 2.75) is 38.1 Å². The van der Waals surface area contributed by atoms with Gasteiger partial charge in [0.2, 0.25) is 0 Å². The van der Waals surface area contributed by atoms with E-state index in [-0.39, 0.29) is 11.8 Å². The number of halogens is 1. The van der Waals surface area contributed by atoms with E-state index in [2.05, 4.69) is 14.9 Å². The fourth-order valence-electron chi connectivity index (χ4n) is 4.20.